The zero-order valence-corrected chi connectivity index (χ0v) is 9.10. The van der Waals surface area contributed by atoms with E-state index in [2.05, 4.69) is 5.16 Å². The van der Waals surface area contributed by atoms with E-state index in [4.69, 9.17) is 15.7 Å². The fraction of sp³-hybridized carbons (Fsp3) is 0.417. The standard InChI is InChI=1S/C12H16N2O2/c13-12(14-15)11-3-1-2-10(6-11)8-16-7-9-4-5-9/h1-3,6,9,15H,4-5,7-8H2,(H2,13,14). The summed E-state index contributed by atoms with van der Waals surface area (Å²) in [5, 5.41) is 11.5. The van der Waals surface area contributed by atoms with E-state index in [1.165, 1.54) is 12.8 Å². The number of nitrogens with zero attached hydrogens (tertiary/aromatic N) is 1. The number of hydrogen-bond donors (Lipinski definition) is 2. The molecular weight excluding hydrogens is 204 g/mol. The van der Waals surface area contributed by atoms with Crippen LogP contribution in [-0.4, -0.2) is 17.6 Å². The van der Waals surface area contributed by atoms with Crippen molar-refractivity contribution in [3.8, 4) is 0 Å². The third kappa shape index (κ3) is 2.97. The van der Waals surface area contributed by atoms with Crippen LogP contribution in [0.25, 0.3) is 0 Å². The van der Waals surface area contributed by atoms with Crippen LogP contribution in [-0.2, 0) is 11.3 Å². The van der Waals surface area contributed by atoms with Gasteiger partial charge in [0.15, 0.2) is 5.84 Å². The van der Waals surface area contributed by atoms with Crippen molar-refractivity contribution >= 4 is 5.84 Å². The van der Waals surface area contributed by atoms with Crippen molar-refractivity contribution in [2.75, 3.05) is 6.61 Å². The summed E-state index contributed by atoms with van der Waals surface area (Å²) in [6, 6.07) is 7.53. The van der Waals surface area contributed by atoms with E-state index in [0.717, 1.165) is 23.7 Å². The van der Waals surface area contributed by atoms with E-state index < -0.39 is 0 Å². The Morgan fingerprint density at radius 2 is 2.31 bits per heavy atom. The van der Waals surface area contributed by atoms with Gasteiger partial charge in [-0.05, 0) is 30.4 Å². The van der Waals surface area contributed by atoms with Crippen LogP contribution in [0.15, 0.2) is 29.4 Å². The van der Waals surface area contributed by atoms with Crippen LogP contribution in [0, 0.1) is 5.92 Å². The Morgan fingerprint density at radius 1 is 1.50 bits per heavy atom. The van der Waals surface area contributed by atoms with Crippen LogP contribution in [0.5, 0.6) is 0 Å². The largest absolute Gasteiger partial charge is 0.409 e. The van der Waals surface area contributed by atoms with Crippen LogP contribution in [0.2, 0.25) is 0 Å². The number of oxime groups is 1. The molecule has 0 bridgehead atoms. The maximum absolute atomic E-state index is 8.57. The molecule has 0 unspecified atom stereocenters. The van der Waals surface area contributed by atoms with Gasteiger partial charge in [-0.3, -0.25) is 0 Å². The molecule has 0 amide bonds. The van der Waals surface area contributed by atoms with Gasteiger partial charge in [-0.15, -0.1) is 0 Å². The van der Waals surface area contributed by atoms with Gasteiger partial charge in [0, 0.05) is 12.2 Å². The normalized spacial score (nSPS) is 16.4. The van der Waals surface area contributed by atoms with Crippen LogP contribution in [0.1, 0.15) is 24.0 Å². The van der Waals surface area contributed by atoms with Gasteiger partial charge < -0.3 is 15.7 Å². The van der Waals surface area contributed by atoms with Gasteiger partial charge in [0.25, 0.3) is 0 Å². The van der Waals surface area contributed by atoms with Crippen molar-refractivity contribution < 1.29 is 9.94 Å². The van der Waals surface area contributed by atoms with Gasteiger partial charge in [0.05, 0.1) is 6.61 Å². The monoisotopic (exact) mass is 220 g/mol. The van der Waals surface area contributed by atoms with Crippen molar-refractivity contribution in [3.63, 3.8) is 0 Å². The summed E-state index contributed by atoms with van der Waals surface area (Å²) < 4.78 is 5.57. The summed E-state index contributed by atoms with van der Waals surface area (Å²) in [6.45, 7) is 1.43. The molecular formula is C12H16N2O2. The molecule has 16 heavy (non-hydrogen) atoms. The van der Waals surface area contributed by atoms with Crippen LogP contribution >= 0.6 is 0 Å². The number of benzene rings is 1. The molecule has 2 rings (SSSR count). The second-order valence-corrected chi connectivity index (χ2v) is 4.14. The summed E-state index contributed by atoms with van der Waals surface area (Å²) in [7, 11) is 0. The Morgan fingerprint density at radius 3 is 3.00 bits per heavy atom. The maximum Gasteiger partial charge on any atom is 0.170 e. The second-order valence-electron chi connectivity index (χ2n) is 4.14. The summed E-state index contributed by atoms with van der Waals surface area (Å²) in [5.41, 5.74) is 7.27. The van der Waals surface area contributed by atoms with Crippen molar-refractivity contribution in [2.24, 2.45) is 16.8 Å². The molecule has 1 aliphatic carbocycles. The molecule has 0 heterocycles. The molecule has 0 saturated heterocycles. The molecule has 1 fully saturated rings. The smallest absolute Gasteiger partial charge is 0.170 e. The quantitative estimate of drug-likeness (QED) is 0.343. The van der Waals surface area contributed by atoms with Crippen LogP contribution in [0.4, 0.5) is 0 Å². The average Bonchev–Trinajstić information content (AvgIpc) is 3.12. The first kappa shape index (κ1) is 11.0. The highest BCUT2D eigenvalue weighted by Crippen LogP contribution is 2.29. The molecule has 3 N–H and O–H groups in total. The highest BCUT2D eigenvalue weighted by molar-refractivity contribution is 5.97. The third-order valence-corrected chi connectivity index (χ3v) is 2.65. The zero-order chi connectivity index (χ0) is 11.4. The fourth-order valence-corrected chi connectivity index (χ4v) is 1.51. The molecule has 0 aliphatic heterocycles. The minimum absolute atomic E-state index is 0.129. The Labute approximate surface area is 94.7 Å². The van der Waals surface area contributed by atoms with Crippen molar-refractivity contribution in [1.29, 1.82) is 0 Å². The zero-order valence-electron chi connectivity index (χ0n) is 9.10. The minimum Gasteiger partial charge on any atom is -0.409 e. The average molecular weight is 220 g/mol. The lowest BCUT2D eigenvalue weighted by Crippen LogP contribution is -2.13. The number of hydrogen-bond acceptors (Lipinski definition) is 3. The Kier molecular flexibility index (Phi) is 3.41. The molecule has 0 aromatic heterocycles. The number of amidine groups is 1. The highest BCUT2D eigenvalue weighted by Gasteiger charge is 2.20. The van der Waals surface area contributed by atoms with Crippen molar-refractivity contribution in [2.45, 2.75) is 19.4 Å². The van der Waals surface area contributed by atoms with Gasteiger partial charge in [0.2, 0.25) is 0 Å². The molecule has 1 aromatic carbocycles. The van der Waals surface area contributed by atoms with E-state index in [-0.39, 0.29) is 5.84 Å². The van der Waals surface area contributed by atoms with E-state index >= 15 is 0 Å². The predicted molar refractivity (Wildman–Crippen MR) is 61.3 cm³/mol. The fourth-order valence-electron chi connectivity index (χ4n) is 1.51. The summed E-state index contributed by atoms with van der Waals surface area (Å²) in [6.07, 6.45) is 2.59. The third-order valence-electron chi connectivity index (χ3n) is 2.65. The lowest BCUT2D eigenvalue weighted by atomic mass is 10.1. The Bertz CT molecular complexity index is 386. The van der Waals surface area contributed by atoms with Gasteiger partial charge in [-0.25, -0.2) is 0 Å². The van der Waals surface area contributed by atoms with Gasteiger partial charge in [-0.1, -0.05) is 23.4 Å². The van der Waals surface area contributed by atoms with Crippen LogP contribution < -0.4 is 5.73 Å². The molecule has 0 atom stereocenters. The Hall–Kier alpha value is -1.55. The molecule has 0 spiro atoms. The summed E-state index contributed by atoms with van der Waals surface area (Å²) in [5.74, 6) is 0.899. The molecule has 0 radical (unpaired) electrons. The number of ether oxygens (including phenoxy) is 1. The first-order valence-corrected chi connectivity index (χ1v) is 5.44. The van der Waals surface area contributed by atoms with Crippen molar-refractivity contribution in [3.05, 3.63) is 35.4 Å². The second kappa shape index (κ2) is 4.99. The summed E-state index contributed by atoms with van der Waals surface area (Å²) >= 11 is 0. The maximum atomic E-state index is 8.57. The van der Waals surface area contributed by atoms with E-state index in [1.807, 2.05) is 18.2 Å². The topological polar surface area (TPSA) is 67.8 Å². The van der Waals surface area contributed by atoms with E-state index in [0.29, 0.717) is 6.61 Å². The van der Waals surface area contributed by atoms with Crippen molar-refractivity contribution in [1.82, 2.24) is 0 Å². The molecule has 1 aromatic rings. The van der Waals surface area contributed by atoms with E-state index in [1.54, 1.807) is 6.07 Å². The summed E-state index contributed by atoms with van der Waals surface area (Å²) in [4.78, 5) is 0. The van der Waals surface area contributed by atoms with Gasteiger partial charge in [-0.2, -0.15) is 0 Å². The SMILES string of the molecule is N/C(=N\O)c1cccc(COCC2CC2)c1. The van der Waals surface area contributed by atoms with E-state index in [9.17, 15) is 0 Å². The molecule has 4 heteroatoms. The molecule has 1 aliphatic rings. The molecule has 1 saturated carbocycles. The lowest BCUT2D eigenvalue weighted by molar-refractivity contribution is 0.111. The molecule has 4 nitrogen and oxygen atoms in total. The van der Waals surface area contributed by atoms with Gasteiger partial charge in [0.1, 0.15) is 0 Å². The lowest BCUT2D eigenvalue weighted by Gasteiger charge is -2.05. The van der Waals surface area contributed by atoms with Gasteiger partial charge >= 0.3 is 0 Å². The first-order valence-electron chi connectivity index (χ1n) is 5.44. The van der Waals surface area contributed by atoms with Crippen LogP contribution in [0.3, 0.4) is 0 Å². The molecule has 86 valence electrons. The predicted octanol–water partition coefficient (Wildman–Crippen LogP) is 1.71. The Balaban J connectivity index is 1.92. The number of rotatable bonds is 5. The first-order chi connectivity index (χ1) is 7.79. The minimum atomic E-state index is 0.129. The number of nitrogens with two attached hydrogens (primary N) is 1. The highest BCUT2D eigenvalue weighted by atomic mass is 16.5.